The number of nitrogens with zero attached hydrogens (tertiary/aromatic N) is 3. The van der Waals surface area contributed by atoms with Gasteiger partial charge in [-0.1, -0.05) is 37.1 Å². The number of hydrogen-bond donors (Lipinski definition) is 3. The smallest absolute Gasteiger partial charge is 0.251 e. The first kappa shape index (κ1) is 22.8. The third kappa shape index (κ3) is 7.09. The van der Waals surface area contributed by atoms with Crippen LogP contribution in [0, 0.1) is 5.92 Å². The predicted octanol–water partition coefficient (Wildman–Crippen LogP) is 1.97. The number of carbonyl (C=O) groups excluding carboxylic acids is 3. The van der Waals surface area contributed by atoms with Gasteiger partial charge in [0.15, 0.2) is 5.16 Å². The summed E-state index contributed by atoms with van der Waals surface area (Å²) in [6, 6.07) is 6.75. The van der Waals surface area contributed by atoms with Crippen LogP contribution in [-0.2, 0) is 16.6 Å². The Kier molecular flexibility index (Phi) is 8.45. The Labute approximate surface area is 185 Å². The van der Waals surface area contributed by atoms with E-state index in [1.807, 2.05) is 7.05 Å². The van der Waals surface area contributed by atoms with Crippen LogP contribution in [0.15, 0.2) is 35.7 Å². The molecule has 10 heteroatoms. The lowest BCUT2D eigenvalue weighted by molar-refractivity contribution is -0.125. The number of hydrogen-bond acceptors (Lipinski definition) is 6. The molecule has 2 aromatic rings. The summed E-state index contributed by atoms with van der Waals surface area (Å²) in [5.74, 6) is -0.0780. The van der Waals surface area contributed by atoms with E-state index in [-0.39, 0.29) is 29.4 Å². The minimum absolute atomic E-state index is 0.0813. The van der Waals surface area contributed by atoms with Gasteiger partial charge in [-0.25, -0.2) is 0 Å². The van der Waals surface area contributed by atoms with Crippen LogP contribution < -0.4 is 16.0 Å². The highest BCUT2D eigenvalue weighted by molar-refractivity contribution is 7.99. The van der Waals surface area contributed by atoms with Gasteiger partial charge in [-0.2, -0.15) is 0 Å². The van der Waals surface area contributed by atoms with Crippen LogP contribution in [0.25, 0.3) is 0 Å². The van der Waals surface area contributed by atoms with Crippen LogP contribution in [0.2, 0.25) is 0 Å². The van der Waals surface area contributed by atoms with E-state index in [2.05, 4.69) is 26.1 Å². The number of thioether (sulfide) groups is 1. The molecule has 1 aliphatic rings. The van der Waals surface area contributed by atoms with Gasteiger partial charge < -0.3 is 20.5 Å². The summed E-state index contributed by atoms with van der Waals surface area (Å²) in [5.41, 5.74) is 0.985. The second-order valence-electron chi connectivity index (χ2n) is 7.52. The average molecular weight is 445 g/mol. The number of amides is 3. The zero-order valence-corrected chi connectivity index (χ0v) is 18.4. The Morgan fingerprint density at radius 2 is 1.90 bits per heavy atom. The summed E-state index contributed by atoms with van der Waals surface area (Å²) >= 11 is 1.28. The van der Waals surface area contributed by atoms with Crippen LogP contribution in [-0.4, -0.2) is 51.3 Å². The average Bonchev–Trinajstić information content (AvgIpc) is 3.20. The largest absolute Gasteiger partial charge is 0.354 e. The molecular weight excluding hydrogens is 416 g/mol. The number of nitrogens with one attached hydrogen (secondary N) is 3. The van der Waals surface area contributed by atoms with E-state index in [4.69, 9.17) is 0 Å². The molecule has 3 rings (SSSR count). The zero-order chi connectivity index (χ0) is 22.1. The van der Waals surface area contributed by atoms with Gasteiger partial charge in [0, 0.05) is 37.3 Å². The maximum Gasteiger partial charge on any atom is 0.251 e. The maximum atomic E-state index is 12.4. The van der Waals surface area contributed by atoms with Crippen molar-refractivity contribution in [1.29, 1.82) is 0 Å². The molecule has 0 atom stereocenters. The van der Waals surface area contributed by atoms with E-state index in [1.165, 1.54) is 18.2 Å². The minimum Gasteiger partial charge on any atom is -0.354 e. The quantitative estimate of drug-likeness (QED) is 0.402. The summed E-state index contributed by atoms with van der Waals surface area (Å²) < 4.78 is 1.74. The predicted molar refractivity (Wildman–Crippen MR) is 119 cm³/mol. The van der Waals surface area contributed by atoms with Gasteiger partial charge in [0.25, 0.3) is 5.91 Å². The first-order chi connectivity index (χ1) is 15.0. The number of benzene rings is 1. The van der Waals surface area contributed by atoms with Crippen LogP contribution in [0.4, 0.5) is 5.69 Å². The molecule has 0 aliphatic heterocycles. The lowest BCUT2D eigenvalue weighted by Crippen LogP contribution is -2.38. The van der Waals surface area contributed by atoms with E-state index in [0.717, 1.165) is 25.7 Å². The molecule has 0 saturated heterocycles. The fourth-order valence-electron chi connectivity index (χ4n) is 3.44. The molecule has 3 N–H and O–H groups in total. The molecule has 0 spiro atoms. The van der Waals surface area contributed by atoms with Crippen molar-refractivity contribution in [3.8, 4) is 0 Å². The van der Waals surface area contributed by atoms with Gasteiger partial charge >= 0.3 is 0 Å². The van der Waals surface area contributed by atoms with E-state index in [0.29, 0.717) is 29.5 Å². The summed E-state index contributed by atoms with van der Waals surface area (Å²) in [6.07, 6.45) is 6.91. The minimum atomic E-state index is -0.253. The molecule has 31 heavy (non-hydrogen) atoms. The third-order valence-electron chi connectivity index (χ3n) is 5.10. The van der Waals surface area contributed by atoms with E-state index in [1.54, 1.807) is 35.2 Å². The Bertz CT molecular complexity index is 910. The van der Waals surface area contributed by atoms with E-state index >= 15 is 0 Å². The summed E-state index contributed by atoms with van der Waals surface area (Å²) in [6.45, 7) is 0.749. The lowest BCUT2D eigenvalue weighted by Gasteiger charge is -2.20. The summed E-state index contributed by atoms with van der Waals surface area (Å²) in [7, 11) is 1.81. The summed E-state index contributed by atoms with van der Waals surface area (Å²) in [5, 5.41) is 16.8. The third-order valence-corrected chi connectivity index (χ3v) is 6.13. The van der Waals surface area contributed by atoms with Crippen molar-refractivity contribution < 1.29 is 14.4 Å². The van der Waals surface area contributed by atoms with Gasteiger partial charge in [-0.3, -0.25) is 14.4 Å². The van der Waals surface area contributed by atoms with Gasteiger partial charge in [0.1, 0.15) is 6.33 Å². The normalized spacial score (nSPS) is 14.1. The summed E-state index contributed by atoms with van der Waals surface area (Å²) in [4.78, 5) is 36.7. The topological polar surface area (TPSA) is 118 Å². The highest BCUT2D eigenvalue weighted by atomic mass is 32.2. The van der Waals surface area contributed by atoms with E-state index in [9.17, 15) is 14.4 Å². The molecule has 1 saturated carbocycles. The molecule has 1 heterocycles. The number of aryl methyl sites for hydroxylation is 1. The van der Waals surface area contributed by atoms with Crippen LogP contribution in [0.5, 0.6) is 0 Å². The van der Waals surface area contributed by atoms with Gasteiger partial charge in [0.05, 0.1) is 5.75 Å². The van der Waals surface area contributed by atoms with Crippen molar-refractivity contribution in [1.82, 2.24) is 25.4 Å². The molecule has 166 valence electrons. The van der Waals surface area contributed by atoms with Gasteiger partial charge in [0.2, 0.25) is 11.8 Å². The SMILES string of the molecule is Cn1cnnc1SCC(=O)Nc1cccc(C(=O)NCCNC(=O)C2CCCCC2)c1. The molecule has 1 aromatic carbocycles. The van der Waals surface area contributed by atoms with Crippen molar-refractivity contribution in [3.05, 3.63) is 36.2 Å². The molecule has 0 unspecified atom stereocenters. The van der Waals surface area contributed by atoms with E-state index < -0.39 is 0 Å². The second-order valence-corrected chi connectivity index (χ2v) is 8.47. The molecule has 0 bridgehead atoms. The molecule has 9 nitrogen and oxygen atoms in total. The number of anilines is 1. The van der Waals surface area contributed by atoms with Crippen LogP contribution in [0.3, 0.4) is 0 Å². The standard InChI is InChI=1S/C21H28N6O3S/c1-27-14-24-26-21(27)31-13-18(28)25-17-9-5-8-16(12-17)20(30)23-11-10-22-19(29)15-6-3-2-4-7-15/h5,8-9,12,14-15H,2-4,6-7,10-11,13H2,1H3,(H,22,29)(H,23,30)(H,25,28). The number of rotatable bonds is 9. The number of carbonyl (C=O) groups is 3. The van der Waals surface area contributed by atoms with Crippen molar-refractivity contribution in [3.63, 3.8) is 0 Å². The Hall–Kier alpha value is -2.88. The second kappa shape index (κ2) is 11.5. The lowest BCUT2D eigenvalue weighted by atomic mass is 9.89. The van der Waals surface area contributed by atoms with Gasteiger partial charge in [-0.15, -0.1) is 10.2 Å². The molecule has 1 aliphatic carbocycles. The van der Waals surface area contributed by atoms with Crippen molar-refractivity contribution in [2.24, 2.45) is 13.0 Å². The molecule has 1 fully saturated rings. The molecule has 1 aromatic heterocycles. The number of aromatic nitrogens is 3. The highest BCUT2D eigenvalue weighted by Gasteiger charge is 2.20. The van der Waals surface area contributed by atoms with Crippen molar-refractivity contribution >= 4 is 35.2 Å². The Morgan fingerprint density at radius 1 is 1.13 bits per heavy atom. The Morgan fingerprint density at radius 3 is 2.65 bits per heavy atom. The fourth-order valence-corrected chi connectivity index (χ4v) is 4.13. The highest BCUT2D eigenvalue weighted by Crippen LogP contribution is 2.23. The van der Waals surface area contributed by atoms with Crippen LogP contribution >= 0.6 is 11.8 Å². The molecule has 0 radical (unpaired) electrons. The zero-order valence-electron chi connectivity index (χ0n) is 17.6. The molecular formula is C21H28N6O3S. The maximum absolute atomic E-state index is 12.4. The van der Waals surface area contributed by atoms with Crippen LogP contribution in [0.1, 0.15) is 42.5 Å². The van der Waals surface area contributed by atoms with Crippen molar-refractivity contribution in [2.45, 2.75) is 37.3 Å². The fraction of sp³-hybridized carbons (Fsp3) is 0.476. The Balaban J connectivity index is 1.40. The van der Waals surface area contributed by atoms with Crippen molar-refractivity contribution in [2.75, 3.05) is 24.2 Å². The monoisotopic (exact) mass is 444 g/mol. The van der Waals surface area contributed by atoms with Gasteiger partial charge in [-0.05, 0) is 31.0 Å². The first-order valence-corrected chi connectivity index (χ1v) is 11.4. The first-order valence-electron chi connectivity index (χ1n) is 10.5. The molecule has 3 amide bonds.